The summed E-state index contributed by atoms with van der Waals surface area (Å²) >= 11 is 0. The van der Waals surface area contributed by atoms with Crippen molar-refractivity contribution in [1.29, 1.82) is 0 Å². The first-order chi connectivity index (χ1) is 8.41. The third-order valence-corrected chi connectivity index (χ3v) is 2.11. The maximum atomic E-state index is 11.6. The highest BCUT2D eigenvalue weighted by atomic mass is 16.2. The van der Waals surface area contributed by atoms with Crippen LogP contribution >= 0.6 is 0 Å². The summed E-state index contributed by atoms with van der Waals surface area (Å²) in [6, 6.07) is 0. The Morgan fingerprint density at radius 2 is 1.94 bits per heavy atom. The number of guanidine groups is 1. The lowest BCUT2D eigenvalue weighted by Gasteiger charge is -2.17. The molecule has 0 aromatic heterocycles. The van der Waals surface area contributed by atoms with Crippen LogP contribution in [0.15, 0.2) is 17.6 Å². The predicted molar refractivity (Wildman–Crippen MR) is 76.6 cm³/mol. The van der Waals surface area contributed by atoms with Crippen molar-refractivity contribution in [2.75, 3.05) is 26.2 Å². The SMILES string of the molecule is C=CCNC(=NCCNC(=O)C(C)(C)C)NCC. The van der Waals surface area contributed by atoms with E-state index < -0.39 is 0 Å². The molecule has 0 aliphatic carbocycles. The van der Waals surface area contributed by atoms with Crippen LogP contribution in [0.1, 0.15) is 27.7 Å². The normalized spacial score (nSPS) is 11.9. The number of rotatable bonds is 6. The van der Waals surface area contributed by atoms with Crippen LogP contribution in [0.5, 0.6) is 0 Å². The van der Waals surface area contributed by atoms with Gasteiger partial charge < -0.3 is 16.0 Å². The molecular weight excluding hydrogens is 228 g/mol. The standard InChI is InChI=1S/C13H26N4O/c1-6-8-16-12(14-7-2)17-10-9-15-11(18)13(3,4)5/h6H,1,7-10H2,2-5H3,(H,15,18)(H2,14,16,17). The van der Waals surface area contributed by atoms with Crippen LogP contribution in [-0.2, 0) is 4.79 Å². The number of hydrogen-bond acceptors (Lipinski definition) is 2. The molecule has 5 heteroatoms. The van der Waals surface area contributed by atoms with E-state index in [0.717, 1.165) is 12.5 Å². The Bertz CT molecular complexity index is 292. The topological polar surface area (TPSA) is 65.5 Å². The van der Waals surface area contributed by atoms with Crippen LogP contribution in [0.3, 0.4) is 0 Å². The van der Waals surface area contributed by atoms with Gasteiger partial charge in [-0.05, 0) is 6.92 Å². The quantitative estimate of drug-likeness (QED) is 0.285. The Morgan fingerprint density at radius 3 is 2.44 bits per heavy atom. The van der Waals surface area contributed by atoms with Crippen molar-refractivity contribution in [2.45, 2.75) is 27.7 Å². The van der Waals surface area contributed by atoms with E-state index in [4.69, 9.17) is 0 Å². The maximum absolute atomic E-state index is 11.6. The van der Waals surface area contributed by atoms with Gasteiger partial charge >= 0.3 is 0 Å². The zero-order valence-corrected chi connectivity index (χ0v) is 12.0. The van der Waals surface area contributed by atoms with Crippen molar-refractivity contribution in [1.82, 2.24) is 16.0 Å². The largest absolute Gasteiger partial charge is 0.357 e. The minimum atomic E-state index is -0.352. The number of aliphatic imine (C=N–C) groups is 1. The molecule has 3 N–H and O–H groups in total. The van der Waals surface area contributed by atoms with Crippen LogP contribution in [0.2, 0.25) is 0 Å². The molecule has 0 unspecified atom stereocenters. The Morgan fingerprint density at radius 1 is 1.28 bits per heavy atom. The summed E-state index contributed by atoms with van der Waals surface area (Å²) in [6.07, 6.45) is 1.77. The first-order valence-electron chi connectivity index (χ1n) is 6.33. The Hall–Kier alpha value is -1.52. The number of carbonyl (C=O) groups is 1. The zero-order chi connectivity index (χ0) is 14.0. The van der Waals surface area contributed by atoms with E-state index in [2.05, 4.69) is 27.5 Å². The Labute approximate surface area is 110 Å². The molecule has 0 radical (unpaired) electrons. The van der Waals surface area contributed by atoms with Gasteiger partial charge in [0.2, 0.25) is 5.91 Å². The van der Waals surface area contributed by atoms with E-state index in [1.807, 2.05) is 27.7 Å². The molecule has 1 amide bonds. The molecule has 0 saturated carbocycles. The third-order valence-electron chi connectivity index (χ3n) is 2.11. The molecule has 0 saturated heterocycles. The number of hydrogen-bond donors (Lipinski definition) is 3. The molecule has 18 heavy (non-hydrogen) atoms. The third kappa shape index (κ3) is 7.70. The highest BCUT2D eigenvalue weighted by Gasteiger charge is 2.19. The molecule has 0 atom stereocenters. The molecular formula is C13H26N4O. The van der Waals surface area contributed by atoms with E-state index in [1.54, 1.807) is 6.08 Å². The summed E-state index contributed by atoms with van der Waals surface area (Å²) in [6.45, 7) is 13.9. The summed E-state index contributed by atoms with van der Waals surface area (Å²) in [4.78, 5) is 15.9. The van der Waals surface area contributed by atoms with Gasteiger partial charge in [-0.3, -0.25) is 9.79 Å². The molecule has 104 valence electrons. The van der Waals surface area contributed by atoms with Crippen molar-refractivity contribution >= 4 is 11.9 Å². The predicted octanol–water partition coefficient (Wildman–Crippen LogP) is 0.890. The molecule has 0 aliphatic rings. The van der Waals surface area contributed by atoms with E-state index >= 15 is 0 Å². The molecule has 0 fully saturated rings. The van der Waals surface area contributed by atoms with Gasteiger partial charge in [-0.25, -0.2) is 0 Å². The summed E-state index contributed by atoms with van der Waals surface area (Å²) in [5, 5.41) is 9.07. The maximum Gasteiger partial charge on any atom is 0.225 e. The van der Waals surface area contributed by atoms with Gasteiger partial charge in [-0.1, -0.05) is 26.8 Å². The first-order valence-corrected chi connectivity index (χ1v) is 6.33. The van der Waals surface area contributed by atoms with E-state index in [1.165, 1.54) is 0 Å². The number of carbonyl (C=O) groups excluding carboxylic acids is 1. The molecule has 0 rings (SSSR count). The monoisotopic (exact) mass is 254 g/mol. The van der Waals surface area contributed by atoms with E-state index in [-0.39, 0.29) is 11.3 Å². The number of nitrogens with one attached hydrogen (secondary N) is 3. The fourth-order valence-electron chi connectivity index (χ4n) is 1.11. The molecule has 0 bridgehead atoms. The van der Waals surface area contributed by atoms with E-state index in [9.17, 15) is 4.79 Å². The zero-order valence-electron chi connectivity index (χ0n) is 12.0. The van der Waals surface area contributed by atoms with Crippen molar-refractivity contribution in [3.8, 4) is 0 Å². The fourth-order valence-corrected chi connectivity index (χ4v) is 1.11. The lowest BCUT2D eigenvalue weighted by molar-refractivity contribution is -0.128. The van der Waals surface area contributed by atoms with Gasteiger partial charge in [-0.15, -0.1) is 6.58 Å². The molecule has 5 nitrogen and oxygen atoms in total. The average Bonchev–Trinajstić information content (AvgIpc) is 2.29. The highest BCUT2D eigenvalue weighted by molar-refractivity contribution is 5.81. The van der Waals surface area contributed by atoms with Crippen LogP contribution in [-0.4, -0.2) is 38.0 Å². The second-order valence-electron chi connectivity index (χ2n) is 4.94. The second-order valence-corrected chi connectivity index (χ2v) is 4.94. The summed E-state index contributed by atoms with van der Waals surface area (Å²) in [5.41, 5.74) is -0.352. The average molecular weight is 254 g/mol. The van der Waals surface area contributed by atoms with Gasteiger partial charge in [0.05, 0.1) is 6.54 Å². The van der Waals surface area contributed by atoms with Gasteiger partial charge in [-0.2, -0.15) is 0 Å². The molecule has 0 heterocycles. The van der Waals surface area contributed by atoms with Gasteiger partial charge in [0, 0.05) is 25.0 Å². The fraction of sp³-hybridized carbons (Fsp3) is 0.692. The summed E-state index contributed by atoms with van der Waals surface area (Å²) in [5.74, 6) is 0.782. The minimum Gasteiger partial charge on any atom is -0.357 e. The number of nitrogens with zero attached hydrogens (tertiary/aromatic N) is 1. The van der Waals surface area contributed by atoms with Crippen LogP contribution in [0, 0.1) is 5.41 Å². The van der Waals surface area contributed by atoms with Crippen LogP contribution < -0.4 is 16.0 Å². The molecule has 0 aliphatic heterocycles. The van der Waals surface area contributed by atoms with Crippen LogP contribution in [0.25, 0.3) is 0 Å². The highest BCUT2D eigenvalue weighted by Crippen LogP contribution is 2.11. The summed E-state index contributed by atoms with van der Waals surface area (Å²) < 4.78 is 0. The van der Waals surface area contributed by atoms with Crippen molar-refractivity contribution in [3.05, 3.63) is 12.7 Å². The smallest absolute Gasteiger partial charge is 0.225 e. The molecule has 0 aromatic carbocycles. The lowest BCUT2D eigenvalue weighted by atomic mass is 9.96. The molecule has 0 aromatic rings. The second kappa shape index (κ2) is 8.55. The molecule has 0 spiro atoms. The van der Waals surface area contributed by atoms with Gasteiger partial charge in [0.1, 0.15) is 0 Å². The van der Waals surface area contributed by atoms with E-state index in [0.29, 0.717) is 19.6 Å². The van der Waals surface area contributed by atoms with Gasteiger partial charge in [0.25, 0.3) is 0 Å². The lowest BCUT2D eigenvalue weighted by Crippen LogP contribution is -2.39. The minimum absolute atomic E-state index is 0.0433. The Kier molecular flexibility index (Phi) is 7.83. The Balaban J connectivity index is 4.02. The number of amides is 1. The first kappa shape index (κ1) is 16.5. The summed E-state index contributed by atoms with van der Waals surface area (Å²) in [7, 11) is 0. The van der Waals surface area contributed by atoms with Crippen molar-refractivity contribution in [3.63, 3.8) is 0 Å². The van der Waals surface area contributed by atoms with Gasteiger partial charge in [0.15, 0.2) is 5.96 Å². The van der Waals surface area contributed by atoms with Crippen molar-refractivity contribution in [2.24, 2.45) is 10.4 Å². The van der Waals surface area contributed by atoms with Crippen LogP contribution in [0.4, 0.5) is 0 Å². The van der Waals surface area contributed by atoms with Crippen molar-refractivity contribution < 1.29 is 4.79 Å².